The van der Waals surface area contributed by atoms with E-state index in [1.54, 1.807) is 30.6 Å². The minimum Gasteiger partial charge on any atom is -0.326 e. The lowest BCUT2D eigenvalue weighted by atomic mass is 10.2. The van der Waals surface area contributed by atoms with Crippen molar-refractivity contribution < 1.29 is 13.6 Å². The van der Waals surface area contributed by atoms with Gasteiger partial charge >= 0.3 is 0 Å². The summed E-state index contributed by atoms with van der Waals surface area (Å²) in [6, 6.07) is 13.8. The largest absolute Gasteiger partial charge is 0.326 e. The molecule has 0 aliphatic carbocycles. The number of anilines is 1. The lowest BCUT2D eigenvalue weighted by Gasteiger charge is -2.12. The highest BCUT2D eigenvalue weighted by atomic mass is 79.9. The van der Waals surface area contributed by atoms with Crippen LogP contribution in [0.2, 0.25) is 0 Å². The fourth-order valence-corrected chi connectivity index (χ4v) is 2.52. The Hall–Kier alpha value is -3.13. The Kier molecular flexibility index (Phi) is 6.44. The SMILES string of the molecule is O=C(NC(=NCc1cccnc1)Nc1ccc(Br)cc1)c1ccc(F)c(F)c1. The number of rotatable bonds is 4. The molecule has 1 aromatic heterocycles. The first kappa shape index (κ1) is 19.6. The van der Waals surface area contributed by atoms with Crippen molar-refractivity contribution in [3.05, 3.63) is 94.2 Å². The third-order valence-corrected chi connectivity index (χ3v) is 4.19. The molecule has 1 heterocycles. The van der Waals surface area contributed by atoms with Gasteiger partial charge in [0.05, 0.1) is 6.54 Å². The Morgan fingerprint density at radius 1 is 1.07 bits per heavy atom. The predicted molar refractivity (Wildman–Crippen MR) is 107 cm³/mol. The van der Waals surface area contributed by atoms with E-state index in [1.807, 2.05) is 18.2 Å². The number of aliphatic imine (C=N–C) groups is 1. The number of nitrogens with one attached hydrogen (secondary N) is 2. The van der Waals surface area contributed by atoms with Crippen molar-refractivity contribution in [1.29, 1.82) is 0 Å². The third kappa shape index (κ3) is 5.43. The van der Waals surface area contributed by atoms with Crippen LogP contribution in [0.4, 0.5) is 14.5 Å². The highest BCUT2D eigenvalue weighted by Gasteiger charge is 2.12. The van der Waals surface area contributed by atoms with Crippen LogP contribution in [-0.2, 0) is 6.54 Å². The first-order chi connectivity index (χ1) is 13.5. The molecule has 0 saturated carbocycles. The summed E-state index contributed by atoms with van der Waals surface area (Å²) in [4.78, 5) is 20.8. The summed E-state index contributed by atoms with van der Waals surface area (Å²) in [5, 5.41) is 5.60. The molecule has 28 heavy (non-hydrogen) atoms. The molecular formula is C20H15BrF2N4O. The quantitative estimate of drug-likeness (QED) is 0.459. The van der Waals surface area contributed by atoms with Crippen molar-refractivity contribution in [3.8, 4) is 0 Å². The Labute approximate surface area is 168 Å². The maximum atomic E-state index is 13.4. The number of guanidine groups is 1. The van der Waals surface area contributed by atoms with E-state index in [4.69, 9.17) is 0 Å². The number of carbonyl (C=O) groups excluding carboxylic acids is 1. The van der Waals surface area contributed by atoms with Crippen LogP contribution >= 0.6 is 15.9 Å². The molecule has 8 heteroatoms. The van der Waals surface area contributed by atoms with Gasteiger partial charge in [-0.25, -0.2) is 13.8 Å². The number of aromatic nitrogens is 1. The molecule has 0 spiro atoms. The lowest BCUT2D eigenvalue weighted by Crippen LogP contribution is -2.36. The van der Waals surface area contributed by atoms with Crippen LogP contribution in [0, 0.1) is 11.6 Å². The molecule has 142 valence electrons. The molecule has 3 rings (SSSR count). The minimum atomic E-state index is -1.10. The molecule has 0 unspecified atom stereocenters. The van der Waals surface area contributed by atoms with Gasteiger partial charge in [-0.3, -0.25) is 15.1 Å². The summed E-state index contributed by atoms with van der Waals surface area (Å²) < 4.78 is 27.4. The van der Waals surface area contributed by atoms with Crippen LogP contribution < -0.4 is 10.6 Å². The molecule has 2 N–H and O–H groups in total. The van der Waals surface area contributed by atoms with Crippen LogP contribution in [0.5, 0.6) is 0 Å². The topological polar surface area (TPSA) is 66.4 Å². The molecule has 3 aromatic rings. The van der Waals surface area contributed by atoms with Gasteiger partial charge in [0.25, 0.3) is 5.91 Å². The standard InChI is InChI=1S/C20H15BrF2N4O/c21-15-4-6-16(7-5-15)26-20(25-12-13-2-1-9-24-11-13)27-19(28)14-3-8-17(22)18(23)10-14/h1-11H,12H2,(H2,25,26,27,28). The Balaban J connectivity index is 1.80. The van der Waals surface area contributed by atoms with Gasteiger partial charge in [0, 0.05) is 28.1 Å². The summed E-state index contributed by atoms with van der Waals surface area (Å²) >= 11 is 3.36. The second-order valence-electron chi connectivity index (χ2n) is 5.74. The van der Waals surface area contributed by atoms with Gasteiger partial charge in [-0.1, -0.05) is 22.0 Å². The molecule has 0 fully saturated rings. The molecule has 0 bridgehead atoms. The van der Waals surface area contributed by atoms with Gasteiger partial charge in [-0.05, 0) is 54.1 Å². The van der Waals surface area contributed by atoms with Crippen molar-refractivity contribution in [1.82, 2.24) is 10.3 Å². The average molecular weight is 445 g/mol. The summed E-state index contributed by atoms with van der Waals surface area (Å²) in [6.45, 7) is 0.269. The van der Waals surface area contributed by atoms with Crippen LogP contribution in [0.1, 0.15) is 15.9 Å². The van der Waals surface area contributed by atoms with E-state index in [0.29, 0.717) is 5.69 Å². The number of nitrogens with zero attached hydrogens (tertiary/aromatic N) is 2. The summed E-state index contributed by atoms with van der Waals surface area (Å²) in [5.41, 5.74) is 1.52. The first-order valence-corrected chi connectivity index (χ1v) is 9.03. The predicted octanol–water partition coefficient (Wildman–Crippen LogP) is 4.52. The van der Waals surface area contributed by atoms with Crippen molar-refractivity contribution in [2.75, 3.05) is 5.32 Å². The molecular weight excluding hydrogens is 430 g/mol. The van der Waals surface area contributed by atoms with Gasteiger partial charge in [0.1, 0.15) is 0 Å². The Morgan fingerprint density at radius 2 is 1.86 bits per heavy atom. The van der Waals surface area contributed by atoms with E-state index < -0.39 is 17.5 Å². The molecule has 0 atom stereocenters. The number of hydrogen-bond acceptors (Lipinski definition) is 3. The summed E-state index contributed by atoms with van der Waals surface area (Å²) in [7, 11) is 0. The second kappa shape index (κ2) is 9.18. The molecule has 0 aliphatic heterocycles. The summed E-state index contributed by atoms with van der Waals surface area (Å²) in [6.07, 6.45) is 3.32. The zero-order chi connectivity index (χ0) is 19.9. The molecule has 0 radical (unpaired) electrons. The lowest BCUT2D eigenvalue weighted by molar-refractivity contribution is 0.0976. The molecule has 0 aliphatic rings. The van der Waals surface area contributed by atoms with E-state index in [1.165, 1.54) is 6.07 Å². The maximum Gasteiger partial charge on any atom is 0.258 e. The number of amides is 1. The van der Waals surface area contributed by atoms with Crippen LogP contribution in [0.25, 0.3) is 0 Å². The molecule has 1 amide bonds. The Bertz CT molecular complexity index is 995. The highest BCUT2D eigenvalue weighted by Crippen LogP contribution is 2.14. The Morgan fingerprint density at radius 3 is 2.54 bits per heavy atom. The number of halogens is 3. The van der Waals surface area contributed by atoms with Crippen molar-refractivity contribution in [2.45, 2.75) is 6.54 Å². The second-order valence-corrected chi connectivity index (χ2v) is 6.66. The van der Waals surface area contributed by atoms with E-state index in [0.717, 1.165) is 22.2 Å². The van der Waals surface area contributed by atoms with E-state index in [-0.39, 0.29) is 18.1 Å². The smallest absolute Gasteiger partial charge is 0.258 e. The fraction of sp³-hybridized carbons (Fsp3) is 0.0500. The van der Waals surface area contributed by atoms with Crippen molar-refractivity contribution >= 4 is 33.5 Å². The zero-order valence-electron chi connectivity index (χ0n) is 14.5. The van der Waals surface area contributed by atoms with Gasteiger partial charge in [-0.2, -0.15) is 0 Å². The van der Waals surface area contributed by atoms with E-state index in [2.05, 4.69) is 36.5 Å². The van der Waals surface area contributed by atoms with Gasteiger partial charge in [0.15, 0.2) is 11.6 Å². The molecule has 2 aromatic carbocycles. The third-order valence-electron chi connectivity index (χ3n) is 3.66. The average Bonchev–Trinajstić information content (AvgIpc) is 2.70. The van der Waals surface area contributed by atoms with Gasteiger partial charge < -0.3 is 5.32 Å². The number of hydrogen-bond donors (Lipinski definition) is 2. The van der Waals surface area contributed by atoms with Gasteiger partial charge in [0.2, 0.25) is 5.96 Å². The minimum absolute atomic E-state index is 0.0226. The number of carbonyl (C=O) groups is 1. The maximum absolute atomic E-state index is 13.4. The number of benzene rings is 2. The van der Waals surface area contributed by atoms with Crippen LogP contribution in [0.3, 0.4) is 0 Å². The fourth-order valence-electron chi connectivity index (χ4n) is 2.26. The first-order valence-electron chi connectivity index (χ1n) is 8.23. The van der Waals surface area contributed by atoms with Crippen LogP contribution in [0.15, 0.2) is 76.5 Å². The van der Waals surface area contributed by atoms with Crippen LogP contribution in [-0.4, -0.2) is 16.9 Å². The van der Waals surface area contributed by atoms with Gasteiger partial charge in [-0.15, -0.1) is 0 Å². The normalized spacial score (nSPS) is 11.2. The van der Waals surface area contributed by atoms with E-state index in [9.17, 15) is 13.6 Å². The monoisotopic (exact) mass is 444 g/mol. The number of pyridine rings is 1. The summed E-state index contributed by atoms with van der Waals surface area (Å²) in [5.74, 6) is -2.56. The van der Waals surface area contributed by atoms with E-state index >= 15 is 0 Å². The van der Waals surface area contributed by atoms with Crippen molar-refractivity contribution in [2.24, 2.45) is 4.99 Å². The molecule has 5 nitrogen and oxygen atoms in total. The van der Waals surface area contributed by atoms with Crippen molar-refractivity contribution in [3.63, 3.8) is 0 Å². The molecule has 0 saturated heterocycles. The highest BCUT2D eigenvalue weighted by molar-refractivity contribution is 9.10. The zero-order valence-corrected chi connectivity index (χ0v) is 16.1.